The minimum atomic E-state index is -0.0844. The number of nitrogens with one attached hydrogen (secondary N) is 1. The molecule has 3 aromatic carbocycles. The van der Waals surface area contributed by atoms with Crippen LogP contribution < -0.4 is 5.32 Å². The summed E-state index contributed by atoms with van der Waals surface area (Å²) in [5.41, 5.74) is 2.94. The Morgan fingerprint density at radius 3 is 2.36 bits per heavy atom. The Kier molecular flexibility index (Phi) is 8.00. The summed E-state index contributed by atoms with van der Waals surface area (Å²) in [5, 5.41) is 12.6. The number of hydrogen-bond donors (Lipinski definition) is 1. The van der Waals surface area contributed by atoms with Gasteiger partial charge in [-0.3, -0.25) is 9.36 Å². The topological polar surface area (TPSA) is 59.8 Å². The molecule has 0 fully saturated rings. The van der Waals surface area contributed by atoms with E-state index in [1.165, 1.54) is 11.8 Å². The van der Waals surface area contributed by atoms with Gasteiger partial charge in [-0.2, -0.15) is 0 Å². The number of benzene rings is 3. The molecule has 166 valence electrons. The molecule has 0 atom stereocenters. The van der Waals surface area contributed by atoms with E-state index in [-0.39, 0.29) is 11.7 Å². The van der Waals surface area contributed by atoms with E-state index in [1.54, 1.807) is 11.8 Å². The smallest absolute Gasteiger partial charge is 0.234 e. The molecule has 0 radical (unpaired) electrons. The number of carbonyl (C=O) groups is 1. The van der Waals surface area contributed by atoms with Crippen LogP contribution in [0.2, 0.25) is 0 Å². The van der Waals surface area contributed by atoms with Crippen LogP contribution in [0, 0.1) is 0 Å². The lowest BCUT2D eigenvalue weighted by Crippen LogP contribution is -2.15. The standard InChI is InChI=1S/C26H24N4OS2/c1-2-17-32-23-16-10-9-15-22(23)27-25(31)19-33-26-29-28-24(18-20-11-5-3-6-12-20)30(26)21-13-7-4-8-14-21/h2-16H,1,17-19H2,(H,27,31). The molecule has 0 saturated carbocycles. The molecule has 1 amide bonds. The van der Waals surface area contributed by atoms with Crippen molar-refractivity contribution in [1.82, 2.24) is 14.8 Å². The second-order valence-corrected chi connectivity index (χ2v) is 9.17. The molecule has 0 aliphatic rings. The van der Waals surface area contributed by atoms with Crippen molar-refractivity contribution in [3.8, 4) is 5.69 Å². The van der Waals surface area contributed by atoms with Gasteiger partial charge < -0.3 is 5.32 Å². The second-order valence-electron chi connectivity index (χ2n) is 7.16. The van der Waals surface area contributed by atoms with E-state index < -0.39 is 0 Å². The van der Waals surface area contributed by atoms with Crippen LogP contribution >= 0.6 is 23.5 Å². The van der Waals surface area contributed by atoms with Crippen LogP contribution in [0.5, 0.6) is 0 Å². The molecule has 5 nitrogen and oxygen atoms in total. The molecule has 1 heterocycles. The highest BCUT2D eigenvalue weighted by atomic mass is 32.2. The van der Waals surface area contributed by atoms with E-state index in [0.717, 1.165) is 33.4 Å². The van der Waals surface area contributed by atoms with E-state index in [1.807, 2.05) is 83.4 Å². The maximum absolute atomic E-state index is 12.7. The average Bonchev–Trinajstić information content (AvgIpc) is 3.25. The number of hydrogen-bond acceptors (Lipinski definition) is 5. The summed E-state index contributed by atoms with van der Waals surface area (Å²) >= 11 is 3.02. The maximum Gasteiger partial charge on any atom is 0.234 e. The van der Waals surface area contributed by atoms with Gasteiger partial charge in [-0.1, -0.05) is 78.5 Å². The van der Waals surface area contributed by atoms with Crippen molar-refractivity contribution < 1.29 is 4.79 Å². The molecule has 0 aliphatic heterocycles. The average molecular weight is 473 g/mol. The normalized spacial score (nSPS) is 10.7. The summed E-state index contributed by atoms with van der Waals surface area (Å²) in [6.45, 7) is 3.76. The Bertz CT molecular complexity index is 1210. The van der Waals surface area contributed by atoms with Crippen molar-refractivity contribution in [2.45, 2.75) is 16.5 Å². The van der Waals surface area contributed by atoms with E-state index in [2.05, 4.69) is 34.2 Å². The Balaban J connectivity index is 1.50. The van der Waals surface area contributed by atoms with Crippen molar-refractivity contribution in [3.63, 3.8) is 0 Å². The van der Waals surface area contributed by atoms with Gasteiger partial charge >= 0.3 is 0 Å². The molecule has 0 bridgehead atoms. The van der Waals surface area contributed by atoms with Crippen LogP contribution in [0.15, 0.2) is 108 Å². The molecule has 0 unspecified atom stereocenters. The summed E-state index contributed by atoms with van der Waals surface area (Å²) in [6.07, 6.45) is 2.51. The van der Waals surface area contributed by atoms with Gasteiger partial charge in [-0.25, -0.2) is 0 Å². The van der Waals surface area contributed by atoms with Crippen LogP contribution in [0.1, 0.15) is 11.4 Å². The van der Waals surface area contributed by atoms with Crippen molar-refractivity contribution in [3.05, 3.63) is 109 Å². The molecule has 0 aliphatic carbocycles. The van der Waals surface area contributed by atoms with Crippen LogP contribution in [0.25, 0.3) is 5.69 Å². The number of para-hydroxylation sites is 2. The number of carbonyl (C=O) groups excluding carboxylic acids is 1. The Hall–Kier alpha value is -3.29. The number of amides is 1. The van der Waals surface area contributed by atoms with Crippen molar-refractivity contribution in [1.29, 1.82) is 0 Å². The van der Waals surface area contributed by atoms with Gasteiger partial charge in [0, 0.05) is 22.8 Å². The summed E-state index contributed by atoms with van der Waals surface area (Å²) in [6, 6.07) is 28.0. The molecule has 1 N–H and O–H groups in total. The fraction of sp³-hybridized carbons (Fsp3) is 0.115. The third kappa shape index (κ3) is 6.15. The highest BCUT2D eigenvalue weighted by Gasteiger charge is 2.16. The first-order valence-corrected chi connectivity index (χ1v) is 12.5. The lowest BCUT2D eigenvalue weighted by Gasteiger charge is -2.11. The number of rotatable bonds is 10. The lowest BCUT2D eigenvalue weighted by atomic mass is 10.1. The van der Waals surface area contributed by atoms with Gasteiger partial charge in [0.15, 0.2) is 5.16 Å². The predicted octanol–water partition coefficient (Wildman–Crippen LogP) is 5.87. The van der Waals surface area contributed by atoms with Gasteiger partial charge in [0.25, 0.3) is 0 Å². The van der Waals surface area contributed by atoms with Crippen LogP contribution in [0.3, 0.4) is 0 Å². The zero-order valence-corrected chi connectivity index (χ0v) is 19.7. The Morgan fingerprint density at radius 1 is 0.909 bits per heavy atom. The van der Waals surface area contributed by atoms with Crippen molar-refractivity contribution in [2.75, 3.05) is 16.8 Å². The monoisotopic (exact) mass is 472 g/mol. The van der Waals surface area contributed by atoms with Gasteiger partial charge in [0.2, 0.25) is 5.91 Å². The minimum Gasteiger partial charge on any atom is -0.324 e. The molecule has 7 heteroatoms. The molecular formula is C26H24N4OS2. The first-order valence-electron chi connectivity index (χ1n) is 10.5. The Labute approximate surface area is 202 Å². The predicted molar refractivity (Wildman–Crippen MR) is 137 cm³/mol. The lowest BCUT2D eigenvalue weighted by molar-refractivity contribution is -0.113. The largest absolute Gasteiger partial charge is 0.324 e. The molecule has 4 aromatic rings. The number of anilines is 1. The van der Waals surface area contributed by atoms with Gasteiger partial charge in [0.05, 0.1) is 11.4 Å². The fourth-order valence-corrected chi connectivity index (χ4v) is 4.80. The molecule has 0 saturated heterocycles. The second kappa shape index (κ2) is 11.5. The van der Waals surface area contributed by atoms with Crippen molar-refractivity contribution in [2.24, 2.45) is 0 Å². The first-order chi connectivity index (χ1) is 16.2. The zero-order valence-electron chi connectivity index (χ0n) is 18.1. The summed E-state index contributed by atoms with van der Waals surface area (Å²) in [7, 11) is 0. The number of aromatic nitrogens is 3. The SMILES string of the molecule is C=CCSc1ccccc1NC(=O)CSc1nnc(Cc2ccccc2)n1-c1ccccc1. The van der Waals surface area contributed by atoms with Gasteiger partial charge in [0.1, 0.15) is 5.82 Å². The summed E-state index contributed by atoms with van der Waals surface area (Å²) < 4.78 is 2.03. The zero-order chi connectivity index (χ0) is 22.9. The fourth-order valence-electron chi connectivity index (χ4n) is 3.28. The molecule has 0 spiro atoms. The molecule has 4 rings (SSSR count). The molecular weight excluding hydrogens is 448 g/mol. The van der Waals surface area contributed by atoms with Crippen molar-refractivity contribution >= 4 is 35.1 Å². The molecule has 1 aromatic heterocycles. The Morgan fingerprint density at radius 2 is 1.61 bits per heavy atom. The van der Waals surface area contributed by atoms with E-state index in [0.29, 0.717) is 11.6 Å². The van der Waals surface area contributed by atoms with E-state index in [9.17, 15) is 4.79 Å². The minimum absolute atomic E-state index is 0.0844. The summed E-state index contributed by atoms with van der Waals surface area (Å²) in [5.74, 6) is 1.77. The first kappa shape index (κ1) is 22.9. The molecule has 33 heavy (non-hydrogen) atoms. The van der Waals surface area contributed by atoms with E-state index in [4.69, 9.17) is 0 Å². The summed E-state index contributed by atoms with van der Waals surface area (Å²) in [4.78, 5) is 13.8. The third-order valence-corrected chi connectivity index (χ3v) is 6.77. The number of thioether (sulfide) groups is 2. The van der Waals surface area contributed by atoms with Gasteiger partial charge in [-0.15, -0.1) is 28.5 Å². The van der Waals surface area contributed by atoms with Crippen LogP contribution in [0.4, 0.5) is 5.69 Å². The quantitative estimate of drug-likeness (QED) is 0.231. The highest BCUT2D eigenvalue weighted by Crippen LogP contribution is 2.28. The highest BCUT2D eigenvalue weighted by molar-refractivity contribution is 8.00. The third-order valence-electron chi connectivity index (χ3n) is 4.77. The van der Waals surface area contributed by atoms with Gasteiger partial charge in [-0.05, 0) is 29.8 Å². The number of nitrogens with zero attached hydrogens (tertiary/aromatic N) is 3. The van der Waals surface area contributed by atoms with Crippen LogP contribution in [-0.4, -0.2) is 32.2 Å². The van der Waals surface area contributed by atoms with E-state index >= 15 is 0 Å². The van der Waals surface area contributed by atoms with Crippen LogP contribution in [-0.2, 0) is 11.2 Å². The maximum atomic E-state index is 12.7.